The number of aromatic nitrogens is 2. The van der Waals surface area contributed by atoms with Gasteiger partial charge in [0.05, 0.1) is 18.8 Å². The highest BCUT2D eigenvalue weighted by Gasteiger charge is 2.17. The fraction of sp³-hybridized carbons (Fsp3) is 0.316. The van der Waals surface area contributed by atoms with Crippen LogP contribution in [0, 0.1) is 25.2 Å². The molecule has 0 aliphatic rings. The Morgan fingerprint density at radius 3 is 2.56 bits per heavy atom. The van der Waals surface area contributed by atoms with Crippen LogP contribution >= 0.6 is 23.2 Å². The molecule has 0 saturated heterocycles. The van der Waals surface area contributed by atoms with E-state index >= 15 is 0 Å². The average Bonchev–Trinajstić information content (AvgIpc) is 2.89. The first-order valence-corrected chi connectivity index (χ1v) is 8.89. The predicted octanol–water partition coefficient (Wildman–Crippen LogP) is 3.95. The molecule has 0 aliphatic heterocycles. The maximum absolute atomic E-state index is 12.0. The fourth-order valence-corrected chi connectivity index (χ4v) is 3.00. The molecule has 0 N–H and O–H groups in total. The quantitative estimate of drug-likeness (QED) is 0.300. The van der Waals surface area contributed by atoms with Crippen molar-refractivity contribution in [3.8, 4) is 6.07 Å². The first-order valence-electron chi connectivity index (χ1n) is 8.13. The van der Waals surface area contributed by atoms with Crippen LogP contribution in [0.25, 0.3) is 6.08 Å². The van der Waals surface area contributed by atoms with Crippen molar-refractivity contribution >= 4 is 35.2 Å². The summed E-state index contributed by atoms with van der Waals surface area (Å²) in [5.41, 5.74) is 2.78. The van der Waals surface area contributed by atoms with Crippen LogP contribution in [0.15, 0.2) is 23.8 Å². The van der Waals surface area contributed by atoms with E-state index in [1.807, 2.05) is 13.0 Å². The van der Waals surface area contributed by atoms with Gasteiger partial charge in [0.2, 0.25) is 0 Å². The lowest BCUT2D eigenvalue weighted by molar-refractivity contribution is -0.139. The van der Waals surface area contributed by atoms with Crippen LogP contribution in [0.5, 0.6) is 0 Å². The summed E-state index contributed by atoms with van der Waals surface area (Å²) in [5.74, 6) is -0.699. The maximum Gasteiger partial charge on any atom is 0.348 e. The van der Waals surface area contributed by atoms with Crippen molar-refractivity contribution in [2.75, 3.05) is 20.3 Å². The van der Waals surface area contributed by atoms with Crippen LogP contribution in [0.1, 0.15) is 22.5 Å². The van der Waals surface area contributed by atoms with Crippen LogP contribution in [0.3, 0.4) is 0 Å². The first kappa shape index (κ1) is 21.0. The highest BCUT2D eigenvalue weighted by Crippen LogP contribution is 2.26. The summed E-state index contributed by atoms with van der Waals surface area (Å²) in [7, 11) is 1.50. The molecule has 2 rings (SSSR count). The van der Waals surface area contributed by atoms with E-state index in [0.717, 1.165) is 11.3 Å². The number of nitriles is 1. The molecule has 0 amide bonds. The van der Waals surface area contributed by atoms with Gasteiger partial charge in [0, 0.05) is 34.0 Å². The van der Waals surface area contributed by atoms with Gasteiger partial charge in [0.25, 0.3) is 0 Å². The second-order valence-corrected chi connectivity index (χ2v) is 6.56. The van der Waals surface area contributed by atoms with Crippen LogP contribution in [0.4, 0.5) is 0 Å². The van der Waals surface area contributed by atoms with E-state index in [1.165, 1.54) is 13.2 Å². The van der Waals surface area contributed by atoms with Gasteiger partial charge in [-0.15, -0.1) is 0 Å². The zero-order valence-corrected chi connectivity index (χ0v) is 16.8. The van der Waals surface area contributed by atoms with Gasteiger partial charge in [0.15, 0.2) is 0 Å². The minimum atomic E-state index is -0.699. The van der Waals surface area contributed by atoms with Gasteiger partial charge >= 0.3 is 5.97 Å². The van der Waals surface area contributed by atoms with Gasteiger partial charge < -0.3 is 9.47 Å². The number of ether oxygens (including phenoxy) is 2. The molecular formula is C19H19Cl2N3O3. The summed E-state index contributed by atoms with van der Waals surface area (Å²) >= 11 is 12.5. The predicted molar refractivity (Wildman–Crippen MR) is 104 cm³/mol. The Kier molecular flexibility index (Phi) is 7.43. The lowest BCUT2D eigenvalue weighted by Gasteiger charge is -2.09. The van der Waals surface area contributed by atoms with Crippen LogP contribution in [0.2, 0.25) is 10.0 Å². The zero-order chi connectivity index (χ0) is 20.0. The van der Waals surface area contributed by atoms with Crippen LogP contribution < -0.4 is 0 Å². The first-order chi connectivity index (χ1) is 12.9. The third-order valence-electron chi connectivity index (χ3n) is 3.96. The molecule has 0 saturated carbocycles. The fourth-order valence-electron chi connectivity index (χ4n) is 2.48. The summed E-state index contributed by atoms with van der Waals surface area (Å²) in [6.07, 6.45) is 1.48. The van der Waals surface area contributed by atoms with E-state index in [9.17, 15) is 10.1 Å². The molecule has 0 spiro atoms. The van der Waals surface area contributed by atoms with Gasteiger partial charge in [0.1, 0.15) is 18.2 Å². The Labute approximate surface area is 167 Å². The van der Waals surface area contributed by atoms with Crippen molar-refractivity contribution in [3.05, 3.63) is 56.3 Å². The van der Waals surface area contributed by atoms with Gasteiger partial charge in [-0.05, 0) is 32.1 Å². The minimum Gasteiger partial charge on any atom is -0.459 e. The van der Waals surface area contributed by atoms with E-state index in [-0.39, 0.29) is 18.8 Å². The molecule has 0 atom stereocenters. The standard InChI is InChI=1S/C19H19Cl2N3O3/c1-12-15(9-14(10-22)19(25)27-8-7-26-3)13(2)24(23-12)11-16-17(20)5-4-6-18(16)21/h4-6,9H,7-8,11H2,1-3H3/b14-9+. The molecule has 0 unspecified atom stereocenters. The number of halogens is 2. The topological polar surface area (TPSA) is 77.1 Å². The van der Waals surface area contributed by atoms with E-state index in [4.69, 9.17) is 32.7 Å². The van der Waals surface area contributed by atoms with Crippen LogP contribution in [-0.4, -0.2) is 36.1 Å². The van der Waals surface area contributed by atoms with Crippen molar-refractivity contribution < 1.29 is 14.3 Å². The van der Waals surface area contributed by atoms with Crippen LogP contribution in [-0.2, 0) is 20.8 Å². The molecule has 6 nitrogen and oxygen atoms in total. The number of hydrogen-bond acceptors (Lipinski definition) is 5. The Morgan fingerprint density at radius 2 is 1.96 bits per heavy atom. The highest BCUT2D eigenvalue weighted by molar-refractivity contribution is 6.35. The van der Waals surface area contributed by atoms with Gasteiger partial charge in [-0.1, -0.05) is 29.3 Å². The van der Waals surface area contributed by atoms with E-state index in [2.05, 4.69) is 5.10 Å². The molecule has 27 heavy (non-hydrogen) atoms. The Morgan fingerprint density at radius 1 is 1.30 bits per heavy atom. The van der Waals surface area contributed by atoms with Gasteiger partial charge in [-0.25, -0.2) is 4.79 Å². The maximum atomic E-state index is 12.0. The third-order valence-corrected chi connectivity index (χ3v) is 4.66. The Hall–Kier alpha value is -2.33. The molecule has 8 heteroatoms. The second kappa shape index (κ2) is 9.56. The second-order valence-electron chi connectivity index (χ2n) is 5.74. The molecule has 0 aliphatic carbocycles. The lowest BCUT2D eigenvalue weighted by atomic mass is 10.1. The van der Waals surface area contributed by atoms with E-state index < -0.39 is 5.97 Å². The number of hydrogen-bond donors (Lipinski definition) is 0. The summed E-state index contributed by atoms with van der Waals surface area (Å²) in [6.45, 7) is 4.37. The number of aryl methyl sites for hydroxylation is 1. The number of carbonyl (C=O) groups excluding carboxylic acids is 1. The van der Waals surface area contributed by atoms with E-state index in [1.54, 1.807) is 29.8 Å². The van der Waals surface area contributed by atoms with Crippen molar-refractivity contribution in [3.63, 3.8) is 0 Å². The summed E-state index contributed by atoms with van der Waals surface area (Å²) in [5, 5.41) is 14.9. The molecule has 0 bridgehead atoms. The molecule has 0 radical (unpaired) electrons. The van der Waals surface area contributed by atoms with Crippen molar-refractivity contribution in [1.82, 2.24) is 9.78 Å². The van der Waals surface area contributed by atoms with Gasteiger partial charge in [-0.2, -0.15) is 10.4 Å². The number of rotatable bonds is 7. The highest BCUT2D eigenvalue weighted by atomic mass is 35.5. The van der Waals surface area contributed by atoms with E-state index in [0.29, 0.717) is 27.8 Å². The Balaban J connectivity index is 2.31. The largest absolute Gasteiger partial charge is 0.459 e. The molecule has 142 valence electrons. The lowest BCUT2D eigenvalue weighted by Crippen LogP contribution is -2.11. The number of benzene rings is 1. The zero-order valence-electron chi connectivity index (χ0n) is 15.3. The summed E-state index contributed by atoms with van der Waals surface area (Å²) in [4.78, 5) is 12.0. The molecule has 0 fully saturated rings. The number of methoxy groups -OCH3 is 1. The number of esters is 1. The summed E-state index contributed by atoms with van der Waals surface area (Å²) < 4.78 is 11.6. The molecule has 1 heterocycles. The third kappa shape index (κ3) is 5.10. The monoisotopic (exact) mass is 407 g/mol. The number of nitrogens with zero attached hydrogens (tertiary/aromatic N) is 3. The van der Waals surface area contributed by atoms with Crippen molar-refractivity contribution in [2.24, 2.45) is 0 Å². The number of carbonyl (C=O) groups is 1. The van der Waals surface area contributed by atoms with Crippen molar-refractivity contribution in [1.29, 1.82) is 5.26 Å². The molecule has 2 aromatic rings. The summed E-state index contributed by atoms with van der Waals surface area (Å²) in [6, 6.07) is 7.18. The van der Waals surface area contributed by atoms with Gasteiger partial charge in [-0.3, -0.25) is 4.68 Å². The normalized spacial score (nSPS) is 11.3. The average molecular weight is 408 g/mol. The van der Waals surface area contributed by atoms with Crippen molar-refractivity contribution in [2.45, 2.75) is 20.4 Å². The minimum absolute atomic E-state index is 0.0799. The molecule has 1 aromatic carbocycles. The SMILES string of the molecule is COCCOC(=O)/C(C#N)=C/c1c(C)nn(Cc2c(Cl)cccc2Cl)c1C. The smallest absolute Gasteiger partial charge is 0.348 e. The molecule has 1 aromatic heterocycles. The molecular weight excluding hydrogens is 389 g/mol. The Bertz CT molecular complexity index is 893.